The number of nitrogens with zero attached hydrogens (tertiary/aromatic N) is 1. The Labute approximate surface area is 181 Å². The summed E-state index contributed by atoms with van der Waals surface area (Å²) in [4.78, 5) is 50.5. The van der Waals surface area contributed by atoms with E-state index in [2.05, 4.69) is 10.6 Å². The molecule has 3 N–H and O–H groups in total. The monoisotopic (exact) mass is 437 g/mol. The van der Waals surface area contributed by atoms with E-state index in [0.717, 1.165) is 0 Å². The highest BCUT2D eigenvalue weighted by Crippen LogP contribution is 2.23. The smallest absolute Gasteiger partial charge is 0.325 e. The van der Waals surface area contributed by atoms with E-state index in [1.54, 1.807) is 38.1 Å². The molecular weight excluding hydrogens is 406 g/mol. The molecule has 31 heavy (non-hydrogen) atoms. The van der Waals surface area contributed by atoms with E-state index in [-0.39, 0.29) is 45.2 Å². The average molecular weight is 437 g/mol. The number of carbonyl (C=O) groups is 4. The summed E-state index contributed by atoms with van der Waals surface area (Å²) in [5.74, 6) is -1.89. The van der Waals surface area contributed by atoms with Crippen molar-refractivity contribution in [3.8, 4) is 0 Å². The molecule has 1 rings (SSSR count). The molecule has 0 fully saturated rings. The van der Waals surface area contributed by atoms with Gasteiger partial charge in [-0.2, -0.15) is 0 Å². The van der Waals surface area contributed by atoms with Crippen LogP contribution in [0.15, 0.2) is 24.3 Å². The van der Waals surface area contributed by atoms with Crippen LogP contribution < -0.4 is 10.6 Å². The van der Waals surface area contributed by atoms with Crippen LogP contribution in [-0.2, 0) is 23.9 Å². The van der Waals surface area contributed by atoms with Gasteiger partial charge in [0.25, 0.3) is 5.91 Å². The molecule has 1 aromatic rings. The van der Waals surface area contributed by atoms with Gasteiger partial charge in [-0.25, -0.2) is 0 Å². The van der Waals surface area contributed by atoms with Gasteiger partial charge in [0.05, 0.1) is 26.2 Å². The van der Waals surface area contributed by atoms with E-state index in [9.17, 15) is 24.3 Å². The second-order valence-electron chi connectivity index (χ2n) is 6.46. The fourth-order valence-electron chi connectivity index (χ4n) is 2.86. The van der Waals surface area contributed by atoms with Crippen molar-refractivity contribution in [3.05, 3.63) is 35.4 Å². The molecule has 0 radical (unpaired) electrons. The zero-order chi connectivity index (χ0) is 23.2. The number of benzene rings is 1. The summed E-state index contributed by atoms with van der Waals surface area (Å²) in [5, 5.41) is 14.6. The molecule has 0 saturated heterocycles. The minimum atomic E-state index is -1.12. The molecule has 10 nitrogen and oxygen atoms in total. The van der Waals surface area contributed by atoms with Crippen molar-refractivity contribution in [2.45, 2.75) is 26.3 Å². The number of esters is 1. The van der Waals surface area contributed by atoms with E-state index in [1.807, 2.05) is 0 Å². The highest BCUT2D eigenvalue weighted by Gasteiger charge is 2.31. The highest BCUT2D eigenvalue weighted by atomic mass is 16.5. The summed E-state index contributed by atoms with van der Waals surface area (Å²) in [5.41, 5.74) is 0.823. The second-order valence-corrected chi connectivity index (χ2v) is 6.46. The molecule has 0 aliphatic carbocycles. The minimum Gasteiger partial charge on any atom is -0.465 e. The first-order valence-electron chi connectivity index (χ1n) is 10.1. The lowest BCUT2D eigenvalue weighted by Gasteiger charge is -2.31. The van der Waals surface area contributed by atoms with Crippen LogP contribution in [0, 0.1) is 0 Å². The third-order valence-electron chi connectivity index (χ3n) is 4.28. The molecule has 10 heteroatoms. The molecule has 172 valence electrons. The Bertz CT molecular complexity index is 737. The van der Waals surface area contributed by atoms with Gasteiger partial charge in [0, 0.05) is 25.8 Å². The quantitative estimate of drug-likeness (QED) is 0.370. The number of carbonyl (C=O) groups excluding carboxylic acids is 4. The van der Waals surface area contributed by atoms with Crippen LogP contribution in [0.1, 0.15) is 42.2 Å². The molecule has 1 atom stereocenters. The standard InChI is InChI=1S/C21H31N3O7/c1-4-22-20(28)16-8-6-15(7-9-16)19(21(29)23-14-18(27)31-5-2)24(11-12-25)17(26)10-13-30-3/h6-9,19,25H,4-5,10-14H2,1-3H3,(H,22,28)(H,23,29). The van der Waals surface area contributed by atoms with E-state index in [0.29, 0.717) is 17.7 Å². The van der Waals surface area contributed by atoms with Crippen LogP contribution in [0.25, 0.3) is 0 Å². The maximum absolute atomic E-state index is 13.0. The number of aliphatic hydroxyl groups is 1. The van der Waals surface area contributed by atoms with E-state index >= 15 is 0 Å². The normalized spacial score (nSPS) is 11.4. The number of ether oxygens (including phenoxy) is 2. The second kappa shape index (κ2) is 14.1. The molecule has 0 aromatic heterocycles. The van der Waals surface area contributed by atoms with Crippen LogP contribution in [0.4, 0.5) is 0 Å². The lowest BCUT2D eigenvalue weighted by atomic mass is 10.0. The van der Waals surface area contributed by atoms with Crippen molar-refractivity contribution in [3.63, 3.8) is 0 Å². The first-order valence-corrected chi connectivity index (χ1v) is 10.1. The number of amides is 3. The predicted octanol–water partition coefficient (Wildman–Crippen LogP) is 0.0141. The first-order chi connectivity index (χ1) is 14.9. The fraction of sp³-hybridized carbons (Fsp3) is 0.524. The summed E-state index contributed by atoms with van der Waals surface area (Å²) < 4.78 is 9.76. The largest absolute Gasteiger partial charge is 0.465 e. The third-order valence-corrected chi connectivity index (χ3v) is 4.28. The molecule has 0 saturated carbocycles. The van der Waals surface area contributed by atoms with Gasteiger partial charge >= 0.3 is 5.97 Å². The van der Waals surface area contributed by atoms with Gasteiger partial charge in [0.1, 0.15) is 12.6 Å². The molecule has 0 aliphatic rings. The van der Waals surface area contributed by atoms with Gasteiger partial charge in [-0.1, -0.05) is 12.1 Å². The van der Waals surface area contributed by atoms with Gasteiger partial charge in [0.2, 0.25) is 11.8 Å². The van der Waals surface area contributed by atoms with Crippen molar-refractivity contribution >= 4 is 23.7 Å². The Hall–Kier alpha value is -2.98. The number of hydrogen-bond acceptors (Lipinski definition) is 7. The topological polar surface area (TPSA) is 134 Å². The number of aliphatic hydroxyl groups excluding tert-OH is 1. The van der Waals surface area contributed by atoms with Crippen molar-refractivity contribution < 1.29 is 33.8 Å². The predicted molar refractivity (Wildman–Crippen MR) is 112 cm³/mol. The van der Waals surface area contributed by atoms with Crippen LogP contribution in [0.5, 0.6) is 0 Å². The number of methoxy groups -OCH3 is 1. The van der Waals surface area contributed by atoms with Crippen molar-refractivity contribution in [1.82, 2.24) is 15.5 Å². The lowest BCUT2D eigenvalue weighted by molar-refractivity contribution is -0.145. The fourth-order valence-corrected chi connectivity index (χ4v) is 2.86. The number of hydrogen-bond donors (Lipinski definition) is 3. The van der Waals surface area contributed by atoms with Crippen molar-refractivity contribution in [2.24, 2.45) is 0 Å². The Morgan fingerprint density at radius 1 is 1.10 bits per heavy atom. The van der Waals surface area contributed by atoms with Crippen LogP contribution in [0.2, 0.25) is 0 Å². The molecule has 3 amide bonds. The van der Waals surface area contributed by atoms with Crippen molar-refractivity contribution in [1.29, 1.82) is 0 Å². The lowest BCUT2D eigenvalue weighted by Crippen LogP contribution is -2.46. The molecule has 0 aliphatic heterocycles. The van der Waals surface area contributed by atoms with Gasteiger partial charge < -0.3 is 30.1 Å². The van der Waals surface area contributed by atoms with Gasteiger partial charge in [-0.3, -0.25) is 19.2 Å². The zero-order valence-corrected chi connectivity index (χ0v) is 18.2. The summed E-state index contributed by atoms with van der Waals surface area (Å²) in [6.07, 6.45) is 0.00907. The average Bonchev–Trinajstić information content (AvgIpc) is 2.76. The molecule has 0 bridgehead atoms. The van der Waals surface area contributed by atoms with Crippen LogP contribution in [0.3, 0.4) is 0 Å². The summed E-state index contributed by atoms with van der Waals surface area (Å²) in [6.45, 7) is 3.41. The zero-order valence-electron chi connectivity index (χ0n) is 18.2. The SMILES string of the molecule is CCNC(=O)c1ccc(C(C(=O)NCC(=O)OCC)N(CCO)C(=O)CCOC)cc1. The third kappa shape index (κ3) is 8.35. The Morgan fingerprint density at radius 3 is 2.32 bits per heavy atom. The molecule has 0 heterocycles. The summed E-state index contributed by atoms with van der Waals surface area (Å²) >= 11 is 0. The van der Waals surface area contributed by atoms with Crippen LogP contribution in [-0.4, -0.2) is 80.3 Å². The maximum atomic E-state index is 13.0. The minimum absolute atomic E-state index is 0.00907. The maximum Gasteiger partial charge on any atom is 0.325 e. The van der Waals surface area contributed by atoms with Crippen LogP contribution >= 0.6 is 0 Å². The Kier molecular flexibility index (Phi) is 11.9. The Balaban J connectivity index is 3.21. The van der Waals surface area contributed by atoms with Gasteiger partial charge in [-0.05, 0) is 31.5 Å². The highest BCUT2D eigenvalue weighted by molar-refractivity contribution is 5.95. The van der Waals surface area contributed by atoms with E-state index < -0.39 is 23.8 Å². The van der Waals surface area contributed by atoms with E-state index in [1.165, 1.54) is 12.0 Å². The van der Waals surface area contributed by atoms with E-state index in [4.69, 9.17) is 9.47 Å². The Morgan fingerprint density at radius 2 is 1.77 bits per heavy atom. The molecule has 1 unspecified atom stereocenters. The summed E-state index contributed by atoms with van der Waals surface area (Å²) in [6, 6.07) is 5.10. The van der Waals surface area contributed by atoms with Crippen molar-refractivity contribution in [2.75, 3.05) is 46.6 Å². The number of nitrogens with one attached hydrogen (secondary N) is 2. The molecule has 0 spiro atoms. The molecular formula is C21H31N3O7. The van der Waals surface area contributed by atoms with Gasteiger partial charge in [-0.15, -0.1) is 0 Å². The van der Waals surface area contributed by atoms with Gasteiger partial charge in [0.15, 0.2) is 0 Å². The molecule has 1 aromatic carbocycles. The number of rotatable bonds is 13. The first kappa shape index (κ1) is 26.1. The summed E-state index contributed by atoms with van der Waals surface area (Å²) in [7, 11) is 1.45.